The molecule has 2 rings (SSSR count). The smallest absolute Gasteiger partial charge is 0.260 e. The van der Waals surface area contributed by atoms with Crippen molar-refractivity contribution in [2.75, 3.05) is 20.7 Å². The Hall–Kier alpha value is -1.26. The van der Waals surface area contributed by atoms with Crippen LogP contribution in [-0.2, 0) is 4.79 Å². The first-order chi connectivity index (χ1) is 9.52. The van der Waals surface area contributed by atoms with Crippen LogP contribution in [0.1, 0.15) is 31.4 Å². The molecule has 0 heterocycles. The van der Waals surface area contributed by atoms with E-state index in [4.69, 9.17) is 16.3 Å². The maximum atomic E-state index is 12.0. The summed E-state index contributed by atoms with van der Waals surface area (Å²) in [6, 6.07) is 5.98. The third-order valence-electron chi connectivity index (χ3n) is 3.71. The Labute approximate surface area is 125 Å². The molecule has 20 heavy (non-hydrogen) atoms. The van der Waals surface area contributed by atoms with Gasteiger partial charge < -0.3 is 15.0 Å². The molecule has 1 aromatic carbocycles. The first-order valence-electron chi connectivity index (χ1n) is 6.88. The van der Waals surface area contributed by atoms with Crippen LogP contribution in [0.3, 0.4) is 0 Å². The van der Waals surface area contributed by atoms with Gasteiger partial charge in [0.15, 0.2) is 6.61 Å². The van der Waals surface area contributed by atoms with Crippen molar-refractivity contribution < 1.29 is 9.53 Å². The van der Waals surface area contributed by atoms with E-state index in [-0.39, 0.29) is 18.6 Å². The highest BCUT2D eigenvalue weighted by atomic mass is 35.5. The Morgan fingerprint density at radius 2 is 2.25 bits per heavy atom. The van der Waals surface area contributed by atoms with Gasteiger partial charge in [-0.3, -0.25) is 4.79 Å². The van der Waals surface area contributed by atoms with E-state index >= 15 is 0 Å². The van der Waals surface area contributed by atoms with E-state index in [9.17, 15) is 4.79 Å². The van der Waals surface area contributed by atoms with Crippen LogP contribution in [0.15, 0.2) is 18.2 Å². The van der Waals surface area contributed by atoms with Gasteiger partial charge in [-0.05, 0) is 45.0 Å². The normalized spacial score (nSPS) is 15.8. The van der Waals surface area contributed by atoms with Gasteiger partial charge in [-0.2, -0.15) is 0 Å². The fourth-order valence-electron chi connectivity index (χ4n) is 2.05. The van der Waals surface area contributed by atoms with Crippen LogP contribution in [0.25, 0.3) is 0 Å². The maximum absolute atomic E-state index is 12.0. The van der Waals surface area contributed by atoms with Gasteiger partial charge in [0.1, 0.15) is 5.75 Å². The highest BCUT2D eigenvalue weighted by Gasteiger charge is 2.29. The van der Waals surface area contributed by atoms with Crippen LogP contribution < -0.4 is 10.1 Å². The minimum Gasteiger partial charge on any atom is -0.483 e. The predicted octanol–water partition coefficient (Wildman–Crippen LogP) is 2.62. The van der Waals surface area contributed by atoms with Crippen LogP contribution in [0.4, 0.5) is 0 Å². The number of rotatable bonds is 6. The second-order valence-electron chi connectivity index (χ2n) is 5.22. The van der Waals surface area contributed by atoms with E-state index in [1.165, 1.54) is 0 Å². The first kappa shape index (κ1) is 15.1. The minimum atomic E-state index is 0.0190. The Bertz CT molecular complexity index is 489. The highest BCUT2D eigenvalue weighted by molar-refractivity contribution is 6.30. The highest BCUT2D eigenvalue weighted by Crippen LogP contribution is 2.29. The van der Waals surface area contributed by atoms with E-state index < -0.39 is 0 Å². The average molecular weight is 297 g/mol. The standard InChI is InChI=1S/C15H21ClN2O2/c1-10(17-2)13-8-11(16)4-7-14(13)20-9-15(19)18(3)12-5-6-12/h4,7-8,10,12,17H,5-6,9H2,1-3H3. The number of nitrogens with one attached hydrogen (secondary N) is 1. The van der Waals surface area contributed by atoms with Gasteiger partial charge in [0.2, 0.25) is 0 Å². The Kier molecular flexibility index (Phi) is 4.89. The summed E-state index contributed by atoms with van der Waals surface area (Å²) >= 11 is 6.02. The number of likely N-dealkylation sites (N-methyl/N-ethyl adjacent to an activating group) is 1. The molecule has 0 saturated heterocycles. The number of halogens is 1. The molecular weight excluding hydrogens is 276 g/mol. The summed E-state index contributed by atoms with van der Waals surface area (Å²) in [4.78, 5) is 13.7. The fraction of sp³-hybridized carbons (Fsp3) is 0.533. The lowest BCUT2D eigenvalue weighted by Crippen LogP contribution is -2.33. The van der Waals surface area contributed by atoms with Crippen molar-refractivity contribution in [2.45, 2.75) is 31.8 Å². The Morgan fingerprint density at radius 1 is 1.55 bits per heavy atom. The van der Waals surface area contributed by atoms with E-state index in [1.54, 1.807) is 11.0 Å². The second-order valence-corrected chi connectivity index (χ2v) is 5.65. The third-order valence-corrected chi connectivity index (χ3v) is 3.95. The van der Waals surface area contributed by atoms with Crippen LogP contribution in [0.5, 0.6) is 5.75 Å². The van der Waals surface area contributed by atoms with Gasteiger partial charge in [0, 0.05) is 29.7 Å². The summed E-state index contributed by atoms with van der Waals surface area (Å²) in [6.45, 7) is 2.09. The summed E-state index contributed by atoms with van der Waals surface area (Å²) in [7, 11) is 3.71. The monoisotopic (exact) mass is 296 g/mol. The van der Waals surface area contributed by atoms with Crippen LogP contribution in [-0.4, -0.2) is 37.6 Å². The van der Waals surface area contributed by atoms with Crippen molar-refractivity contribution in [2.24, 2.45) is 0 Å². The van der Waals surface area contributed by atoms with Gasteiger partial charge in [0.25, 0.3) is 5.91 Å². The molecule has 1 aliphatic carbocycles. The van der Waals surface area contributed by atoms with Crippen LogP contribution >= 0.6 is 11.6 Å². The van der Waals surface area contributed by atoms with E-state index in [0.29, 0.717) is 16.8 Å². The van der Waals surface area contributed by atoms with Crippen LogP contribution in [0.2, 0.25) is 5.02 Å². The first-order valence-corrected chi connectivity index (χ1v) is 7.26. The van der Waals surface area contributed by atoms with Crippen molar-refractivity contribution in [1.82, 2.24) is 10.2 Å². The van der Waals surface area contributed by atoms with E-state index in [1.807, 2.05) is 33.2 Å². The zero-order valence-corrected chi connectivity index (χ0v) is 12.9. The molecule has 1 aliphatic rings. The maximum Gasteiger partial charge on any atom is 0.260 e. The quantitative estimate of drug-likeness (QED) is 0.877. The van der Waals surface area contributed by atoms with Crippen molar-refractivity contribution in [3.8, 4) is 5.75 Å². The SMILES string of the molecule is CNC(C)c1cc(Cl)ccc1OCC(=O)N(C)C1CC1. The lowest BCUT2D eigenvalue weighted by atomic mass is 10.1. The number of ether oxygens (including phenoxy) is 1. The lowest BCUT2D eigenvalue weighted by Gasteiger charge is -2.19. The Morgan fingerprint density at radius 3 is 2.85 bits per heavy atom. The largest absolute Gasteiger partial charge is 0.483 e. The van der Waals surface area contributed by atoms with Crippen LogP contribution in [0, 0.1) is 0 Å². The Balaban J connectivity index is 2.02. The molecule has 1 atom stereocenters. The topological polar surface area (TPSA) is 41.6 Å². The average Bonchev–Trinajstić information content (AvgIpc) is 3.28. The van der Waals surface area contributed by atoms with E-state index in [0.717, 1.165) is 18.4 Å². The molecule has 1 N–H and O–H groups in total. The summed E-state index contributed by atoms with van der Waals surface area (Å²) in [6.07, 6.45) is 2.20. The molecule has 110 valence electrons. The van der Waals surface area contributed by atoms with Crippen molar-refractivity contribution in [3.05, 3.63) is 28.8 Å². The van der Waals surface area contributed by atoms with Crippen molar-refractivity contribution in [3.63, 3.8) is 0 Å². The lowest BCUT2D eigenvalue weighted by molar-refractivity contribution is -0.132. The molecule has 1 fully saturated rings. The molecule has 0 spiro atoms. The summed E-state index contributed by atoms with van der Waals surface area (Å²) < 4.78 is 5.69. The van der Waals surface area contributed by atoms with Gasteiger partial charge in [-0.15, -0.1) is 0 Å². The predicted molar refractivity (Wildman–Crippen MR) is 80.2 cm³/mol. The van der Waals surface area contributed by atoms with Gasteiger partial charge >= 0.3 is 0 Å². The molecule has 0 bridgehead atoms. The number of amides is 1. The molecule has 0 radical (unpaired) electrons. The number of carbonyl (C=O) groups excluding carboxylic acids is 1. The summed E-state index contributed by atoms with van der Waals surface area (Å²) in [5, 5.41) is 3.82. The number of hydrogen-bond donors (Lipinski definition) is 1. The molecule has 0 aromatic heterocycles. The van der Waals surface area contributed by atoms with Crippen molar-refractivity contribution >= 4 is 17.5 Å². The van der Waals surface area contributed by atoms with Gasteiger partial charge in [0.05, 0.1) is 0 Å². The molecule has 1 amide bonds. The van der Waals surface area contributed by atoms with Gasteiger partial charge in [-0.25, -0.2) is 0 Å². The molecule has 4 nitrogen and oxygen atoms in total. The summed E-state index contributed by atoms with van der Waals surface area (Å²) in [5.41, 5.74) is 0.960. The zero-order chi connectivity index (χ0) is 14.7. The molecule has 1 aromatic rings. The third kappa shape index (κ3) is 3.64. The molecule has 5 heteroatoms. The van der Waals surface area contributed by atoms with Gasteiger partial charge in [-0.1, -0.05) is 11.6 Å². The number of benzene rings is 1. The number of nitrogens with zero attached hydrogens (tertiary/aromatic N) is 1. The number of hydrogen-bond acceptors (Lipinski definition) is 3. The molecular formula is C15H21ClN2O2. The summed E-state index contributed by atoms with van der Waals surface area (Å²) in [5.74, 6) is 0.722. The van der Waals surface area contributed by atoms with E-state index in [2.05, 4.69) is 5.32 Å². The fourth-order valence-corrected chi connectivity index (χ4v) is 2.23. The number of carbonyl (C=O) groups is 1. The zero-order valence-electron chi connectivity index (χ0n) is 12.1. The second kappa shape index (κ2) is 6.46. The molecule has 1 saturated carbocycles. The minimum absolute atomic E-state index is 0.0190. The van der Waals surface area contributed by atoms with Crippen molar-refractivity contribution in [1.29, 1.82) is 0 Å². The molecule has 1 unspecified atom stereocenters. The molecule has 0 aliphatic heterocycles.